The summed E-state index contributed by atoms with van der Waals surface area (Å²) in [5, 5.41) is 3.09. The van der Waals surface area contributed by atoms with E-state index in [-0.39, 0.29) is 29.4 Å². The molecule has 2 aromatic carbocycles. The van der Waals surface area contributed by atoms with Gasteiger partial charge >= 0.3 is 5.97 Å². The van der Waals surface area contributed by atoms with Crippen molar-refractivity contribution in [3.8, 4) is 0 Å². The molecule has 1 fully saturated rings. The number of carbonyl (C=O) groups is 1. The summed E-state index contributed by atoms with van der Waals surface area (Å²) in [4.78, 5) is 11.2. The fourth-order valence-electron chi connectivity index (χ4n) is 3.04. The van der Waals surface area contributed by atoms with Crippen molar-refractivity contribution in [3.63, 3.8) is 0 Å². The summed E-state index contributed by atoms with van der Waals surface area (Å²) in [5.41, 5.74) is 0.149. The molecule has 1 aliphatic rings. The first-order chi connectivity index (χ1) is 12.8. The Kier molecular flexibility index (Phi) is 7.11. The van der Waals surface area contributed by atoms with E-state index in [2.05, 4.69) is 10.1 Å². The summed E-state index contributed by atoms with van der Waals surface area (Å²) < 4.78 is 59.6. The number of carbonyl (C=O) groups excluding carboxylic acids is 1. The molecule has 3 rings (SSSR count). The van der Waals surface area contributed by atoms with Crippen LogP contribution in [0.4, 0.5) is 8.78 Å². The summed E-state index contributed by atoms with van der Waals surface area (Å²) >= 11 is 0. The maximum Gasteiger partial charge on any atom is 0.340 e. The van der Waals surface area contributed by atoms with Crippen LogP contribution in [0.1, 0.15) is 22.0 Å². The van der Waals surface area contributed by atoms with Crippen molar-refractivity contribution in [1.82, 2.24) is 9.62 Å². The lowest BCUT2D eigenvalue weighted by Gasteiger charge is -2.35. The van der Waals surface area contributed by atoms with Crippen molar-refractivity contribution < 1.29 is 26.7 Å². The van der Waals surface area contributed by atoms with Gasteiger partial charge in [0.25, 0.3) is 0 Å². The third-order valence-corrected chi connectivity index (χ3v) is 6.28. The van der Waals surface area contributed by atoms with Crippen LogP contribution < -0.4 is 5.32 Å². The van der Waals surface area contributed by atoms with Crippen LogP contribution in [-0.4, -0.2) is 45.4 Å². The Morgan fingerprint density at radius 3 is 2.61 bits per heavy atom. The van der Waals surface area contributed by atoms with Gasteiger partial charge in [-0.15, -0.1) is 12.4 Å². The van der Waals surface area contributed by atoms with Crippen LogP contribution in [0.2, 0.25) is 0 Å². The Balaban J connectivity index is 0.00000280. The van der Waals surface area contributed by atoms with Gasteiger partial charge in [-0.3, -0.25) is 0 Å². The molecule has 2 aromatic rings. The van der Waals surface area contributed by atoms with Gasteiger partial charge in [-0.1, -0.05) is 12.1 Å². The Labute approximate surface area is 168 Å². The minimum Gasteiger partial charge on any atom is -0.465 e. The quantitative estimate of drug-likeness (QED) is 0.751. The Morgan fingerprint density at radius 1 is 1.21 bits per heavy atom. The smallest absolute Gasteiger partial charge is 0.340 e. The zero-order valence-corrected chi connectivity index (χ0v) is 16.5. The van der Waals surface area contributed by atoms with Gasteiger partial charge in [-0.05, 0) is 35.9 Å². The number of nitrogens with zero attached hydrogens (tertiary/aromatic N) is 1. The van der Waals surface area contributed by atoms with Gasteiger partial charge in [0.05, 0.1) is 23.6 Å². The second kappa shape index (κ2) is 8.95. The number of rotatable bonds is 4. The van der Waals surface area contributed by atoms with Gasteiger partial charge < -0.3 is 10.1 Å². The molecule has 1 unspecified atom stereocenters. The largest absolute Gasteiger partial charge is 0.465 e. The number of halogens is 3. The van der Waals surface area contributed by atoms with Crippen LogP contribution in [0, 0.1) is 11.6 Å². The summed E-state index contributed by atoms with van der Waals surface area (Å²) in [6.07, 6.45) is 0. The minimum atomic E-state index is -4.07. The Bertz CT molecular complexity index is 972. The van der Waals surface area contributed by atoms with E-state index in [0.29, 0.717) is 18.7 Å². The summed E-state index contributed by atoms with van der Waals surface area (Å²) in [6.45, 7) is 0.850. The molecule has 0 radical (unpaired) electrons. The van der Waals surface area contributed by atoms with Crippen LogP contribution in [0.3, 0.4) is 0 Å². The van der Waals surface area contributed by atoms with Crippen LogP contribution in [0.5, 0.6) is 0 Å². The second-order valence-corrected chi connectivity index (χ2v) is 7.91. The van der Waals surface area contributed by atoms with E-state index in [4.69, 9.17) is 0 Å². The molecule has 1 N–H and O–H groups in total. The monoisotopic (exact) mass is 432 g/mol. The SMILES string of the molecule is COC(=O)c1ccc(S(=O)(=O)N2CCNCC2c2cccc(F)c2)cc1F.Cl. The van der Waals surface area contributed by atoms with Crippen molar-refractivity contribution in [2.24, 2.45) is 0 Å². The van der Waals surface area contributed by atoms with Gasteiger partial charge in [0.1, 0.15) is 11.6 Å². The standard InChI is InChI=1S/C18H18F2N2O4S.ClH/c1-26-18(23)15-6-5-14(10-16(15)20)27(24,25)22-8-7-21-11-17(22)12-3-2-4-13(19)9-12;/h2-6,9-10,17,21H,7-8,11H2,1H3;1H. The molecule has 1 heterocycles. The molecule has 0 saturated carbocycles. The van der Waals surface area contributed by atoms with E-state index in [0.717, 1.165) is 25.3 Å². The first kappa shape index (κ1) is 22.2. The molecule has 0 aromatic heterocycles. The second-order valence-electron chi connectivity index (χ2n) is 6.02. The van der Waals surface area contributed by atoms with E-state index < -0.39 is 33.7 Å². The highest BCUT2D eigenvalue weighted by atomic mass is 35.5. The number of piperazine rings is 1. The van der Waals surface area contributed by atoms with Gasteiger partial charge in [0.2, 0.25) is 10.0 Å². The molecule has 1 atom stereocenters. The van der Waals surface area contributed by atoms with Crippen LogP contribution in [-0.2, 0) is 14.8 Å². The van der Waals surface area contributed by atoms with Gasteiger partial charge in [-0.25, -0.2) is 22.0 Å². The van der Waals surface area contributed by atoms with Gasteiger partial charge in [-0.2, -0.15) is 4.31 Å². The Morgan fingerprint density at radius 2 is 1.96 bits per heavy atom. The van der Waals surface area contributed by atoms with E-state index in [1.54, 1.807) is 6.07 Å². The lowest BCUT2D eigenvalue weighted by atomic mass is 10.1. The third-order valence-electron chi connectivity index (χ3n) is 4.38. The minimum absolute atomic E-state index is 0. The lowest BCUT2D eigenvalue weighted by Crippen LogP contribution is -2.48. The molecular weight excluding hydrogens is 414 g/mol. The highest BCUT2D eigenvalue weighted by Crippen LogP contribution is 2.30. The zero-order valence-electron chi connectivity index (χ0n) is 14.9. The number of methoxy groups -OCH3 is 1. The van der Waals surface area contributed by atoms with E-state index in [1.807, 2.05) is 0 Å². The summed E-state index contributed by atoms with van der Waals surface area (Å²) in [7, 11) is -2.96. The highest BCUT2D eigenvalue weighted by Gasteiger charge is 2.35. The number of nitrogens with one attached hydrogen (secondary N) is 1. The number of hydrogen-bond donors (Lipinski definition) is 1. The van der Waals surface area contributed by atoms with Gasteiger partial charge in [0.15, 0.2) is 0 Å². The molecule has 1 aliphatic heterocycles. The molecule has 28 heavy (non-hydrogen) atoms. The average Bonchev–Trinajstić information content (AvgIpc) is 2.67. The van der Waals surface area contributed by atoms with E-state index in [1.165, 1.54) is 22.5 Å². The molecule has 1 saturated heterocycles. The van der Waals surface area contributed by atoms with Crippen molar-refractivity contribution in [1.29, 1.82) is 0 Å². The number of esters is 1. The zero-order chi connectivity index (χ0) is 19.6. The maximum absolute atomic E-state index is 14.2. The molecule has 0 amide bonds. The predicted octanol–water partition coefficient (Wildman–Crippen LogP) is 2.51. The number of benzene rings is 2. The predicted molar refractivity (Wildman–Crippen MR) is 101 cm³/mol. The first-order valence-corrected chi connectivity index (χ1v) is 9.64. The van der Waals surface area contributed by atoms with Crippen molar-refractivity contribution >= 4 is 28.4 Å². The summed E-state index contributed by atoms with van der Waals surface area (Å²) in [6, 6.07) is 8.11. The van der Waals surface area contributed by atoms with Crippen molar-refractivity contribution in [2.45, 2.75) is 10.9 Å². The van der Waals surface area contributed by atoms with Crippen molar-refractivity contribution in [3.05, 3.63) is 65.2 Å². The Hall–Kier alpha value is -2.07. The number of sulfonamides is 1. The molecular formula is C18H19ClF2N2O4S. The number of ether oxygens (including phenoxy) is 1. The summed E-state index contributed by atoms with van der Waals surface area (Å²) in [5.74, 6) is -2.35. The third kappa shape index (κ3) is 4.33. The van der Waals surface area contributed by atoms with E-state index >= 15 is 0 Å². The van der Waals surface area contributed by atoms with Gasteiger partial charge in [0, 0.05) is 19.6 Å². The van der Waals surface area contributed by atoms with Crippen LogP contribution >= 0.6 is 12.4 Å². The molecule has 6 nitrogen and oxygen atoms in total. The average molecular weight is 433 g/mol. The van der Waals surface area contributed by atoms with E-state index in [9.17, 15) is 22.0 Å². The number of hydrogen-bond acceptors (Lipinski definition) is 5. The lowest BCUT2D eigenvalue weighted by molar-refractivity contribution is 0.0595. The normalized spacial score (nSPS) is 17.6. The fourth-order valence-corrected chi connectivity index (χ4v) is 4.66. The molecule has 152 valence electrons. The molecule has 10 heteroatoms. The molecule has 0 bridgehead atoms. The first-order valence-electron chi connectivity index (χ1n) is 8.20. The molecule has 0 aliphatic carbocycles. The van der Waals surface area contributed by atoms with Crippen LogP contribution in [0.25, 0.3) is 0 Å². The fraction of sp³-hybridized carbons (Fsp3) is 0.278. The molecule has 0 spiro atoms. The topological polar surface area (TPSA) is 75.7 Å². The van der Waals surface area contributed by atoms with Crippen molar-refractivity contribution in [2.75, 3.05) is 26.7 Å². The highest BCUT2D eigenvalue weighted by molar-refractivity contribution is 7.89. The van der Waals surface area contributed by atoms with Crippen LogP contribution in [0.15, 0.2) is 47.4 Å². The maximum atomic E-state index is 14.2.